The molecule has 0 saturated carbocycles. The van der Waals surface area contributed by atoms with Crippen LogP contribution in [-0.2, 0) is 9.59 Å². The van der Waals surface area contributed by atoms with Gasteiger partial charge in [-0.1, -0.05) is 53.4 Å². The van der Waals surface area contributed by atoms with Gasteiger partial charge in [-0.2, -0.15) is 0 Å². The highest BCUT2D eigenvalue weighted by molar-refractivity contribution is 14.3. The van der Waals surface area contributed by atoms with E-state index in [2.05, 4.69) is 100 Å². The summed E-state index contributed by atoms with van der Waals surface area (Å²) in [6.45, 7) is 12.0. The Morgan fingerprint density at radius 1 is 1.26 bits per heavy atom. The van der Waals surface area contributed by atoms with Gasteiger partial charge in [0.2, 0.25) is 11.8 Å². The number of carbonyl (C=O) groups is 2. The topological polar surface area (TPSA) is 52.7 Å². The molecule has 1 heterocycles. The lowest BCUT2D eigenvalue weighted by molar-refractivity contribution is -0.141. The summed E-state index contributed by atoms with van der Waals surface area (Å²) in [6, 6.07) is -0.804. The van der Waals surface area contributed by atoms with E-state index in [0.29, 0.717) is 6.54 Å². The normalized spacial score (nSPS) is 20.0. The first kappa shape index (κ1) is 29.7. The molecule has 31 heavy (non-hydrogen) atoms. The zero-order valence-corrected chi connectivity index (χ0v) is 25.7. The van der Waals surface area contributed by atoms with Crippen LogP contribution >= 0.6 is 57.9 Å². The molecule has 1 fully saturated rings. The number of nitrogens with zero attached hydrogens (tertiary/aromatic N) is 2. The molecule has 0 aromatic carbocycles. The average Bonchev–Trinajstić information content (AvgIpc) is 2.72. The van der Waals surface area contributed by atoms with Crippen molar-refractivity contribution in [1.82, 2.24) is 15.1 Å². The van der Waals surface area contributed by atoms with Crippen LogP contribution in [0.15, 0.2) is 0 Å². The summed E-state index contributed by atoms with van der Waals surface area (Å²) in [5, 5.41) is 6.38. The van der Waals surface area contributed by atoms with Gasteiger partial charge in [0.05, 0.1) is 14.5 Å². The zero-order chi connectivity index (χ0) is 23.6. The van der Waals surface area contributed by atoms with Gasteiger partial charge in [-0.25, -0.2) is 0 Å². The van der Waals surface area contributed by atoms with Crippen molar-refractivity contribution in [2.24, 2.45) is 11.8 Å². The van der Waals surface area contributed by atoms with E-state index in [0.717, 1.165) is 38.6 Å². The Morgan fingerprint density at radius 2 is 1.94 bits per heavy atom. The summed E-state index contributed by atoms with van der Waals surface area (Å²) in [5.74, 6) is 3.63. The number of amides is 2. The van der Waals surface area contributed by atoms with Crippen molar-refractivity contribution >= 4 is 69.7 Å². The Labute approximate surface area is 220 Å². The Morgan fingerprint density at radius 3 is 2.45 bits per heavy atom. The van der Waals surface area contributed by atoms with Gasteiger partial charge in [0.25, 0.3) is 0 Å². The number of nitrogens with one attached hydrogen (secondary N) is 1. The van der Waals surface area contributed by atoms with Gasteiger partial charge in [0.1, 0.15) is 6.04 Å². The maximum atomic E-state index is 13.8. The molecule has 1 unspecified atom stereocenters. The molecule has 1 aliphatic rings. The molecule has 0 aromatic heterocycles. The summed E-state index contributed by atoms with van der Waals surface area (Å²) in [7, 11) is 2.00. The van der Waals surface area contributed by atoms with E-state index >= 15 is 0 Å². The number of carbonyl (C=O) groups excluding carboxylic acids is 2. The molecule has 0 spiro atoms. The summed E-state index contributed by atoms with van der Waals surface area (Å²) < 4.78 is -0.224. The number of rotatable bonds is 10. The maximum absolute atomic E-state index is 13.8. The Balaban J connectivity index is 3.13. The van der Waals surface area contributed by atoms with Gasteiger partial charge >= 0.3 is 0 Å². The van der Waals surface area contributed by atoms with Crippen LogP contribution in [0.25, 0.3) is 0 Å². The van der Waals surface area contributed by atoms with E-state index < -0.39 is 6.04 Å². The van der Waals surface area contributed by atoms with Gasteiger partial charge in [0.15, 0.2) is 0 Å². The number of hydrogen-bond acceptors (Lipinski definition) is 4. The Hall–Kier alpha value is 0.700. The SMILES string of the molecule is CCCN(C(=O)[C@@H](NC(=O)[C@H]1CCCCN1C)[C@@H](C)CC)C(C#CSP(I)I)C(C)C. The predicted molar refractivity (Wildman–Crippen MR) is 153 cm³/mol. The Kier molecular flexibility index (Phi) is 14.9. The zero-order valence-electron chi connectivity index (χ0n) is 19.7. The van der Waals surface area contributed by atoms with Crippen LogP contribution in [0.5, 0.6) is 0 Å². The second kappa shape index (κ2) is 15.6. The van der Waals surface area contributed by atoms with Crippen molar-refractivity contribution in [2.45, 2.75) is 84.8 Å². The van der Waals surface area contributed by atoms with Gasteiger partial charge in [-0.15, -0.1) is 0 Å². The van der Waals surface area contributed by atoms with Gasteiger partial charge in [-0.3, -0.25) is 14.5 Å². The molecule has 5 nitrogen and oxygen atoms in total. The van der Waals surface area contributed by atoms with Crippen molar-refractivity contribution in [3.05, 3.63) is 0 Å². The Bertz CT molecular complexity index is 642. The molecule has 9 heteroatoms. The van der Waals surface area contributed by atoms with Crippen LogP contribution in [0.2, 0.25) is 0 Å². The van der Waals surface area contributed by atoms with Crippen LogP contribution in [0.3, 0.4) is 0 Å². The summed E-state index contributed by atoms with van der Waals surface area (Å²) >= 11 is 6.42. The number of likely N-dealkylation sites (tertiary alicyclic amines) is 1. The second-order valence-corrected chi connectivity index (χ2v) is 26.3. The van der Waals surface area contributed by atoms with Crippen molar-refractivity contribution in [2.75, 3.05) is 20.1 Å². The lowest BCUT2D eigenvalue weighted by Crippen LogP contribution is -2.58. The smallest absolute Gasteiger partial charge is 0.246 e. The molecular formula is C22H38I2N3O2PS. The highest BCUT2D eigenvalue weighted by atomic mass is 127. The van der Waals surface area contributed by atoms with Crippen molar-refractivity contribution in [1.29, 1.82) is 0 Å². The fourth-order valence-corrected chi connectivity index (χ4v) is 6.25. The quantitative estimate of drug-likeness (QED) is 0.172. The lowest BCUT2D eigenvalue weighted by Gasteiger charge is -2.37. The number of piperidine rings is 1. The van der Waals surface area contributed by atoms with E-state index in [9.17, 15) is 9.59 Å². The minimum Gasteiger partial charge on any atom is -0.343 e. The van der Waals surface area contributed by atoms with Crippen LogP contribution in [-0.4, -0.2) is 59.9 Å². The second-order valence-electron chi connectivity index (χ2n) is 8.62. The first-order valence-electron chi connectivity index (χ1n) is 11.2. The van der Waals surface area contributed by atoms with E-state index in [1.165, 1.54) is 0 Å². The summed E-state index contributed by atoms with van der Waals surface area (Å²) in [6.07, 6.45) is 4.74. The fourth-order valence-electron chi connectivity index (χ4n) is 3.87. The van der Waals surface area contributed by atoms with Crippen molar-refractivity contribution < 1.29 is 9.59 Å². The number of likely N-dealkylation sites (N-methyl/N-ethyl adjacent to an activating group) is 1. The molecule has 1 N–H and O–H groups in total. The number of halogens is 2. The average molecular weight is 693 g/mol. The third-order valence-electron chi connectivity index (χ3n) is 5.89. The monoisotopic (exact) mass is 693 g/mol. The molecule has 0 bridgehead atoms. The third kappa shape index (κ3) is 9.84. The standard InChI is InChI=1S/C22H38I2N3O2PS/c1-7-13-27(18(16(3)4)12-15-31-30(23)24)22(29)20(17(5)8-2)25-21(28)19-11-9-10-14-26(19)6/h16-20H,7-11,13-14H2,1-6H3,(H,25,28)/t17-,18?,19+,20-/m0/s1. The minimum atomic E-state index is -0.513. The molecule has 1 rings (SSSR count). The van der Waals surface area contributed by atoms with Crippen molar-refractivity contribution in [3.63, 3.8) is 0 Å². The molecule has 178 valence electrons. The summed E-state index contributed by atoms with van der Waals surface area (Å²) in [5.41, 5.74) is 0. The lowest BCUT2D eigenvalue weighted by atomic mass is 9.94. The molecule has 2 amide bonds. The number of hydrogen-bond donors (Lipinski definition) is 1. The van der Waals surface area contributed by atoms with Crippen LogP contribution in [0, 0.1) is 23.0 Å². The van der Waals surface area contributed by atoms with Gasteiger partial charge < -0.3 is 10.2 Å². The highest BCUT2D eigenvalue weighted by Crippen LogP contribution is 2.64. The molecule has 0 aliphatic carbocycles. The van der Waals surface area contributed by atoms with Gasteiger partial charge in [-0.05, 0) is 105 Å². The largest absolute Gasteiger partial charge is 0.343 e. The molecule has 1 aliphatic heterocycles. The molecule has 0 radical (unpaired) electrons. The molecule has 0 aromatic rings. The van der Waals surface area contributed by atoms with E-state index in [-0.39, 0.29) is 38.1 Å². The fraction of sp³-hybridized carbons (Fsp3) is 0.818. The minimum absolute atomic E-state index is 0.00669. The molecule has 1 saturated heterocycles. The van der Waals surface area contributed by atoms with Gasteiger partial charge in [0, 0.05) is 6.54 Å². The summed E-state index contributed by atoms with van der Waals surface area (Å²) in [4.78, 5) is 31.0. The maximum Gasteiger partial charge on any atom is 0.246 e. The van der Waals surface area contributed by atoms with Crippen LogP contribution in [0.1, 0.15) is 66.7 Å². The predicted octanol–water partition coefficient (Wildman–Crippen LogP) is 6.06. The highest BCUT2D eigenvalue weighted by Gasteiger charge is 2.36. The first-order chi connectivity index (χ1) is 14.6. The van der Waals surface area contributed by atoms with Crippen LogP contribution in [0.4, 0.5) is 0 Å². The van der Waals surface area contributed by atoms with E-state index in [1.54, 1.807) is 11.4 Å². The first-order valence-corrected chi connectivity index (χ1v) is 19.6. The van der Waals surface area contributed by atoms with E-state index in [1.807, 2.05) is 11.9 Å². The molecular weight excluding hydrogens is 655 g/mol. The molecule has 4 atom stereocenters. The van der Waals surface area contributed by atoms with Crippen LogP contribution < -0.4 is 5.32 Å². The third-order valence-corrected chi connectivity index (χ3v) is 10.5. The van der Waals surface area contributed by atoms with E-state index in [4.69, 9.17) is 0 Å². The van der Waals surface area contributed by atoms with Crippen molar-refractivity contribution in [3.8, 4) is 11.2 Å².